The number of hydrogen-bond acceptors (Lipinski definition) is 3. The first kappa shape index (κ1) is 14.8. The van der Waals surface area contributed by atoms with Gasteiger partial charge in [-0.3, -0.25) is 4.79 Å². The molecule has 3 rings (SSSR count). The minimum atomic E-state index is -0.792. The quantitative estimate of drug-likeness (QED) is 0.805. The highest BCUT2D eigenvalue weighted by molar-refractivity contribution is 5.94. The van der Waals surface area contributed by atoms with Gasteiger partial charge in [0, 0.05) is 36.8 Å². The van der Waals surface area contributed by atoms with Crippen molar-refractivity contribution in [2.24, 2.45) is 0 Å². The summed E-state index contributed by atoms with van der Waals surface area (Å²) >= 11 is 0. The Kier molecular flexibility index (Phi) is 4.09. The highest BCUT2D eigenvalue weighted by Crippen LogP contribution is 2.09. The van der Waals surface area contributed by atoms with E-state index >= 15 is 0 Å². The van der Waals surface area contributed by atoms with E-state index in [1.54, 1.807) is 41.5 Å². The lowest BCUT2D eigenvalue weighted by Gasteiger charge is -2.07. The number of amides is 1. The third-order valence-corrected chi connectivity index (χ3v) is 3.13. The van der Waals surface area contributed by atoms with Crippen LogP contribution in [0.3, 0.4) is 0 Å². The average molecular weight is 314 g/mol. The van der Waals surface area contributed by atoms with Gasteiger partial charge in [0.05, 0.1) is 0 Å². The van der Waals surface area contributed by atoms with Gasteiger partial charge < -0.3 is 5.32 Å². The lowest BCUT2D eigenvalue weighted by Crippen LogP contribution is -2.23. The van der Waals surface area contributed by atoms with Crippen LogP contribution in [0.25, 0.3) is 5.82 Å². The fourth-order valence-electron chi connectivity index (χ4n) is 2.07. The monoisotopic (exact) mass is 314 g/mol. The molecule has 2 aromatic heterocycles. The maximum absolute atomic E-state index is 13.1. The molecule has 7 heteroatoms. The highest BCUT2D eigenvalue weighted by Gasteiger charge is 2.09. The molecule has 2 heterocycles. The summed E-state index contributed by atoms with van der Waals surface area (Å²) in [7, 11) is 0. The maximum atomic E-state index is 13.1. The van der Waals surface area contributed by atoms with Crippen LogP contribution >= 0.6 is 0 Å². The first-order valence-electron chi connectivity index (χ1n) is 6.81. The van der Waals surface area contributed by atoms with Crippen LogP contribution in [0, 0.1) is 11.6 Å². The van der Waals surface area contributed by atoms with Crippen molar-refractivity contribution in [1.82, 2.24) is 20.1 Å². The number of hydrogen-bond donors (Lipinski definition) is 1. The Balaban J connectivity index is 1.71. The third-order valence-electron chi connectivity index (χ3n) is 3.13. The predicted octanol–water partition coefficient (Wildman–Crippen LogP) is 2.48. The smallest absolute Gasteiger partial charge is 0.251 e. The van der Waals surface area contributed by atoms with E-state index in [9.17, 15) is 13.6 Å². The summed E-state index contributed by atoms with van der Waals surface area (Å²) in [6.45, 7) is 0.202. The second kappa shape index (κ2) is 6.35. The minimum absolute atomic E-state index is 0.0659. The Morgan fingerprint density at radius 2 is 1.91 bits per heavy atom. The number of carbonyl (C=O) groups excluding carboxylic acids is 1. The van der Waals surface area contributed by atoms with Gasteiger partial charge in [0.15, 0.2) is 5.82 Å². The second-order valence-corrected chi connectivity index (χ2v) is 4.81. The maximum Gasteiger partial charge on any atom is 0.251 e. The van der Waals surface area contributed by atoms with Crippen LogP contribution in [0.15, 0.2) is 55.0 Å². The van der Waals surface area contributed by atoms with E-state index in [1.807, 2.05) is 0 Å². The van der Waals surface area contributed by atoms with E-state index in [0.717, 1.165) is 23.8 Å². The number of rotatable bonds is 4. The Labute approximate surface area is 130 Å². The Hall–Kier alpha value is -3.09. The standard InChI is InChI=1S/C16H12F2N4O/c17-13-7-12(8-14(18)9-13)16(23)20-10-11-2-4-19-15(6-11)22-5-1-3-21-22/h1-9H,10H2,(H,20,23). The van der Waals surface area contributed by atoms with Gasteiger partial charge in [0.25, 0.3) is 5.91 Å². The van der Waals surface area contributed by atoms with Crippen molar-refractivity contribution < 1.29 is 13.6 Å². The van der Waals surface area contributed by atoms with E-state index in [-0.39, 0.29) is 12.1 Å². The van der Waals surface area contributed by atoms with Crippen molar-refractivity contribution in [1.29, 1.82) is 0 Å². The molecule has 0 bridgehead atoms. The van der Waals surface area contributed by atoms with Gasteiger partial charge in [-0.2, -0.15) is 5.10 Å². The van der Waals surface area contributed by atoms with Crippen molar-refractivity contribution in [2.75, 3.05) is 0 Å². The lowest BCUT2D eigenvalue weighted by molar-refractivity contribution is 0.0950. The number of carbonyl (C=O) groups is 1. The fraction of sp³-hybridized carbons (Fsp3) is 0.0625. The second-order valence-electron chi connectivity index (χ2n) is 4.81. The van der Waals surface area contributed by atoms with E-state index in [2.05, 4.69) is 15.4 Å². The summed E-state index contributed by atoms with van der Waals surface area (Å²) in [5, 5.41) is 6.69. The molecule has 0 unspecified atom stereocenters. The molecule has 0 spiro atoms. The minimum Gasteiger partial charge on any atom is -0.348 e. The zero-order valence-corrected chi connectivity index (χ0v) is 11.9. The SMILES string of the molecule is O=C(NCc1ccnc(-n2cccn2)c1)c1cc(F)cc(F)c1. The molecular weight excluding hydrogens is 302 g/mol. The molecule has 1 N–H and O–H groups in total. The zero-order chi connectivity index (χ0) is 16.2. The predicted molar refractivity (Wildman–Crippen MR) is 78.9 cm³/mol. The van der Waals surface area contributed by atoms with Gasteiger partial charge in [0.2, 0.25) is 0 Å². The van der Waals surface area contributed by atoms with Gasteiger partial charge >= 0.3 is 0 Å². The van der Waals surface area contributed by atoms with E-state index < -0.39 is 17.5 Å². The molecule has 1 aromatic carbocycles. The molecule has 23 heavy (non-hydrogen) atoms. The molecule has 0 aliphatic carbocycles. The van der Waals surface area contributed by atoms with Crippen molar-refractivity contribution in [3.05, 3.63) is 77.8 Å². The Morgan fingerprint density at radius 1 is 1.13 bits per heavy atom. The van der Waals surface area contributed by atoms with Crippen molar-refractivity contribution in [2.45, 2.75) is 6.54 Å². The molecule has 0 aliphatic heterocycles. The van der Waals surface area contributed by atoms with Gasteiger partial charge in [-0.25, -0.2) is 18.4 Å². The molecule has 3 aromatic rings. The van der Waals surface area contributed by atoms with Gasteiger partial charge in [-0.15, -0.1) is 0 Å². The zero-order valence-electron chi connectivity index (χ0n) is 11.9. The van der Waals surface area contributed by atoms with E-state index in [1.165, 1.54) is 0 Å². The molecule has 0 saturated heterocycles. The number of benzene rings is 1. The number of nitrogens with zero attached hydrogens (tertiary/aromatic N) is 3. The van der Waals surface area contributed by atoms with Crippen LogP contribution in [0.1, 0.15) is 15.9 Å². The van der Waals surface area contributed by atoms with E-state index in [4.69, 9.17) is 0 Å². The van der Waals surface area contributed by atoms with Gasteiger partial charge in [-0.1, -0.05) is 0 Å². The summed E-state index contributed by atoms with van der Waals surface area (Å²) in [6.07, 6.45) is 4.98. The van der Waals surface area contributed by atoms with Crippen LogP contribution in [0.2, 0.25) is 0 Å². The summed E-state index contributed by atoms with van der Waals surface area (Å²) < 4.78 is 27.8. The van der Waals surface area contributed by atoms with Crippen LogP contribution in [0.5, 0.6) is 0 Å². The van der Waals surface area contributed by atoms with Crippen molar-refractivity contribution in [3.8, 4) is 5.82 Å². The topological polar surface area (TPSA) is 59.8 Å². The van der Waals surface area contributed by atoms with Crippen LogP contribution in [0.4, 0.5) is 8.78 Å². The molecular formula is C16H12F2N4O. The Bertz CT molecular complexity index is 814. The van der Waals surface area contributed by atoms with E-state index in [0.29, 0.717) is 5.82 Å². The summed E-state index contributed by atoms with van der Waals surface area (Å²) in [6, 6.07) is 7.96. The molecule has 116 valence electrons. The molecule has 0 saturated carbocycles. The number of halogens is 2. The first-order chi connectivity index (χ1) is 11.1. The van der Waals surface area contributed by atoms with Crippen LogP contribution in [-0.4, -0.2) is 20.7 Å². The van der Waals surface area contributed by atoms with Gasteiger partial charge in [-0.05, 0) is 35.9 Å². The molecule has 0 aliphatic rings. The Morgan fingerprint density at radius 3 is 2.61 bits per heavy atom. The molecule has 1 amide bonds. The normalized spacial score (nSPS) is 10.5. The fourth-order valence-corrected chi connectivity index (χ4v) is 2.07. The summed E-state index contributed by atoms with van der Waals surface area (Å²) in [5.41, 5.74) is 0.722. The van der Waals surface area contributed by atoms with Gasteiger partial charge in [0.1, 0.15) is 11.6 Å². The summed E-state index contributed by atoms with van der Waals surface area (Å²) in [4.78, 5) is 16.1. The van der Waals surface area contributed by atoms with Crippen molar-refractivity contribution >= 4 is 5.91 Å². The highest BCUT2D eigenvalue weighted by atomic mass is 19.1. The number of pyridine rings is 1. The van der Waals surface area contributed by atoms with Crippen molar-refractivity contribution in [3.63, 3.8) is 0 Å². The number of nitrogens with one attached hydrogen (secondary N) is 1. The number of aromatic nitrogens is 3. The van der Waals surface area contributed by atoms with Crippen LogP contribution in [-0.2, 0) is 6.54 Å². The first-order valence-corrected chi connectivity index (χ1v) is 6.81. The molecule has 0 atom stereocenters. The molecule has 5 nitrogen and oxygen atoms in total. The molecule has 0 radical (unpaired) electrons. The third kappa shape index (κ3) is 3.57. The average Bonchev–Trinajstić information content (AvgIpc) is 3.06. The summed E-state index contributed by atoms with van der Waals surface area (Å²) in [5.74, 6) is -1.53. The van der Waals surface area contributed by atoms with Crippen LogP contribution < -0.4 is 5.32 Å². The lowest BCUT2D eigenvalue weighted by atomic mass is 10.2. The largest absolute Gasteiger partial charge is 0.348 e. The molecule has 0 fully saturated rings.